The summed E-state index contributed by atoms with van der Waals surface area (Å²) in [5, 5.41) is 9.23. The molecule has 0 aliphatic rings. The van der Waals surface area contributed by atoms with E-state index in [0.717, 1.165) is 12.0 Å². The summed E-state index contributed by atoms with van der Waals surface area (Å²) in [7, 11) is 1.29. The molecular formula is C15H22N2O4. The molecule has 0 radical (unpaired) electrons. The minimum Gasteiger partial charge on any atom is -0.508 e. The summed E-state index contributed by atoms with van der Waals surface area (Å²) < 4.78 is 4.59. The van der Waals surface area contributed by atoms with Gasteiger partial charge >= 0.3 is 5.97 Å². The largest absolute Gasteiger partial charge is 0.508 e. The minimum absolute atomic E-state index is 0.0908. The summed E-state index contributed by atoms with van der Waals surface area (Å²) in [5.74, 6) is -0.582. The Kier molecular flexibility index (Phi) is 6.68. The fourth-order valence-electron chi connectivity index (χ4n) is 1.97. The summed E-state index contributed by atoms with van der Waals surface area (Å²) in [5.41, 5.74) is 6.78. The van der Waals surface area contributed by atoms with E-state index in [4.69, 9.17) is 5.73 Å². The Bertz CT molecular complexity index is 473. The lowest BCUT2D eigenvalue weighted by atomic mass is 10.1. The van der Waals surface area contributed by atoms with Gasteiger partial charge in [-0.3, -0.25) is 9.59 Å². The number of amides is 1. The van der Waals surface area contributed by atoms with Crippen LogP contribution >= 0.6 is 0 Å². The predicted molar refractivity (Wildman–Crippen MR) is 78.7 cm³/mol. The van der Waals surface area contributed by atoms with Crippen molar-refractivity contribution in [3.63, 3.8) is 0 Å². The number of methoxy groups -OCH3 is 1. The third-order valence-electron chi connectivity index (χ3n) is 3.06. The fraction of sp³-hybridized carbons (Fsp3) is 0.467. The fourth-order valence-corrected chi connectivity index (χ4v) is 1.97. The molecule has 1 rings (SSSR count). The SMILES string of the molecule is CCCN(CC(=O)OC)C(=O)[C@@H](N)Cc1ccc(O)cc1. The van der Waals surface area contributed by atoms with Gasteiger partial charge in [0.2, 0.25) is 5.91 Å². The molecule has 6 nitrogen and oxygen atoms in total. The summed E-state index contributed by atoms with van der Waals surface area (Å²) in [6.07, 6.45) is 1.08. The second-order valence-corrected chi connectivity index (χ2v) is 4.81. The third kappa shape index (κ3) is 5.43. The average molecular weight is 294 g/mol. The van der Waals surface area contributed by atoms with Gasteiger partial charge in [-0.2, -0.15) is 0 Å². The number of benzene rings is 1. The second-order valence-electron chi connectivity index (χ2n) is 4.81. The van der Waals surface area contributed by atoms with E-state index in [9.17, 15) is 14.7 Å². The van der Waals surface area contributed by atoms with E-state index in [1.54, 1.807) is 24.3 Å². The van der Waals surface area contributed by atoms with Crippen molar-refractivity contribution in [2.45, 2.75) is 25.8 Å². The van der Waals surface area contributed by atoms with Crippen LogP contribution in [0.15, 0.2) is 24.3 Å². The van der Waals surface area contributed by atoms with Gasteiger partial charge in [-0.05, 0) is 30.5 Å². The van der Waals surface area contributed by atoms with E-state index in [2.05, 4.69) is 4.74 Å². The first-order chi connectivity index (χ1) is 9.97. The van der Waals surface area contributed by atoms with Crippen LogP contribution in [0.4, 0.5) is 0 Å². The van der Waals surface area contributed by atoms with E-state index in [1.807, 2.05) is 6.92 Å². The highest BCUT2D eigenvalue weighted by molar-refractivity contribution is 5.85. The molecule has 116 valence electrons. The van der Waals surface area contributed by atoms with Crippen LogP contribution < -0.4 is 5.73 Å². The van der Waals surface area contributed by atoms with Gasteiger partial charge in [-0.15, -0.1) is 0 Å². The van der Waals surface area contributed by atoms with Crippen molar-refractivity contribution < 1.29 is 19.4 Å². The van der Waals surface area contributed by atoms with Gasteiger partial charge in [0.15, 0.2) is 0 Å². The Morgan fingerprint density at radius 2 is 1.95 bits per heavy atom. The Labute approximate surface area is 124 Å². The van der Waals surface area contributed by atoms with E-state index in [1.165, 1.54) is 12.0 Å². The van der Waals surface area contributed by atoms with Crippen LogP contribution in [0.3, 0.4) is 0 Å². The molecule has 0 fully saturated rings. The summed E-state index contributed by atoms with van der Waals surface area (Å²) in [6.45, 7) is 2.28. The number of aromatic hydroxyl groups is 1. The second kappa shape index (κ2) is 8.26. The number of nitrogens with two attached hydrogens (primary N) is 1. The maximum atomic E-state index is 12.3. The molecule has 3 N–H and O–H groups in total. The first-order valence-electron chi connectivity index (χ1n) is 6.87. The van der Waals surface area contributed by atoms with Gasteiger partial charge in [-0.25, -0.2) is 0 Å². The molecule has 0 unspecified atom stereocenters. The van der Waals surface area contributed by atoms with E-state index < -0.39 is 12.0 Å². The average Bonchev–Trinajstić information content (AvgIpc) is 2.48. The lowest BCUT2D eigenvalue weighted by Gasteiger charge is -2.24. The van der Waals surface area contributed by atoms with E-state index in [0.29, 0.717) is 13.0 Å². The van der Waals surface area contributed by atoms with Crippen molar-refractivity contribution in [2.75, 3.05) is 20.2 Å². The van der Waals surface area contributed by atoms with Gasteiger partial charge in [0.1, 0.15) is 12.3 Å². The maximum absolute atomic E-state index is 12.3. The van der Waals surface area contributed by atoms with Crippen LogP contribution in [0.25, 0.3) is 0 Å². The summed E-state index contributed by atoms with van der Waals surface area (Å²) in [6, 6.07) is 5.79. The zero-order valence-corrected chi connectivity index (χ0v) is 12.4. The Balaban J connectivity index is 2.68. The molecule has 0 aromatic heterocycles. The van der Waals surface area contributed by atoms with Crippen LogP contribution in [-0.4, -0.2) is 48.1 Å². The Morgan fingerprint density at radius 1 is 1.33 bits per heavy atom. The van der Waals surface area contributed by atoms with Gasteiger partial charge < -0.3 is 20.5 Å². The number of phenols is 1. The van der Waals surface area contributed by atoms with Crippen LogP contribution in [0.5, 0.6) is 5.75 Å². The van der Waals surface area contributed by atoms with Crippen molar-refractivity contribution in [3.05, 3.63) is 29.8 Å². The first kappa shape index (κ1) is 17.0. The van der Waals surface area contributed by atoms with Crippen molar-refractivity contribution >= 4 is 11.9 Å². The summed E-state index contributed by atoms with van der Waals surface area (Å²) >= 11 is 0. The smallest absolute Gasteiger partial charge is 0.325 e. The molecule has 0 heterocycles. The quantitative estimate of drug-likeness (QED) is 0.721. The normalized spacial score (nSPS) is 11.8. The highest BCUT2D eigenvalue weighted by Crippen LogP contribution is 2.11. The maximum Gasteiger partial charge on any atom is 0.325 e. The molecule has 0 aliphatic heterocycles. The minimum atomic E-state index is -0.731. The number of carbonyl (C=O) groups excluding carboxylic acids is 2. The van der Waals surface area contributed by atoms with Crippen molar-refractivity contribution in [2.24, 2.45) is 5.73 Å². The van der Waals surface area contributed by atoms with Gasteiger partial charge in [-0.1, -0.05) is 19.1 Å². The lowest BCUT2D eigenvalue weighted by Crippen LogP contribution is -2.47. The summed E-state index contributed by atoms with van der Waals surface area (Å²) in [4.78, 5) is 25.0. The molecule has 1 atom stereocenters. The van der Waals surface area contributed by atoms with Crippen molar-refractivity contribution in [1.82, 2.24) is 4.90 Å². The van der Waals surface area contributed by atoms with E-state index in [-0.39, 0.29) is 18.2 Å². The molecule has 0 aliphatic carbocycles. The van der Waals surface area contributed by atoms with Crippen LogP contribution in [0.2, 0.25) is 0 Å². The van der Waals surface area contributed by atoms with Crippen LogP contribution in [0, 0.1) is 0 Å². The molecule has 1 aromatic rings. The number of nitrogens with zero attached hydrogens (tertiary/aromatic N) is 1. The van der Waals surface area contributed by atoms with Gasteiger partial charge in [0.25, 0.3) is 0 Å². The molecular weight excluding hydrogens is 272 g/mol. The molecule has 0 bridgehead atoms. The standard InChI is InChI=1S/C15H22N2O4/c1-3-8-17(10-14(19)21-2)15(20)13(16)9-11-4-6-12(18)7-5-11/h4-7,13,18H,3,8-10,16H2,1-2H3/t13-/m0/s1. The zero-order valence-electron chi connectivity index (χ0n) is 12.4. The first-order valence-corrected chi connectivity index (χ1v) is 6.87. The number of rotatable bonds is 7. The molecule has 0 spiro atoms. The van der Waals surface area contributed by atoms with Crippen molar-refractivity contribution in [1.29, 1.82) is 0 Å². The zero-order chi connectivity index (χ0) is 15.8. The molecule has 0 saturated carbocycles. The molecule has 21 heavy (non-hydrogen) atoms. The molecule has 1 amide bonds. The number of hydrogen-bond donors (Lipinski definition) is 2. The van der Waals surface area contributed by atoms with Crippen molar-refractivity contribution in [3.8, 4) is 5.75 Å². The number of esters is 1. The lowest BCUT2D eigenvalue weighted by molar-refractivity contribution is -0.147. The number of ether oxygens (including phenoxy) is 1. The number of phenolic OH excluding ortho intramolecular Hbond substituents is 1. The van der Waals surface area contributed by atoms with Crippen LogP contribution in [0.1, 0.15) is 18.9 Å². The van der Waals surface area contributed by atoms with Crippen LogP contribution in [-0.2, 0) is 20.7 Å². The third-order valence-corrected chi connectivity index (χ3v) is 3.06. The molecule has 6 heteroatoms. The predicted octanol–water partition coefficient (Wildman–Crippen LogP) is 0.674. The monoisotopic (exact) mass is 294 g/mol. The molecule has 0 saturated heterocycles. The Hall–Kier alpha value is -2.08. The topological polar surface area (TPSA) is 92.9 Å². The number of hydrogen-bond acceptors (Lipinski definition) is 5. The van der Waals surface area contributed by atoms with E-state index >= 15 is 0 Å². The van der Waals surface area contributed by atoms with Gasteiger partial charge in [0, 0.05) is 6.54 Å². The highest BCUT2D eigenvalue weighted by Gasteiger charge is 2.23. The molecule has 1 aromatic carbocycles. The number of carbonyl (C=O) groups is 2. The Morgan fingerprint density at radius 3 is 2.48 bits per heavy atom. The van der Waals surface area contributed by atoms with Gasteiger partial charge in [0.05, 0.1) is 13.2 Å². The highest BCUT2D eigenvalue weighted by atomic mass is 16.5.